The van der Waals surface area contributed by atoms with Crippen molar-refractivity contribution >= 4 is 17.5 Å². The Balaban J connectivity index is 1.74. The number of para-hydroxylation sites is 1. The molecule has 0 spiro atoms. The topological polar surface area (TPSA) is 70.2 Å². The van der Waals surface area contributed by atoms with Gasteiger partial charge in [-0.3, -0.25) is 9.59 Å². The number of fused-ring (bicyclic) bond motifs is 1. The molecule has 1 atom stereocenters. The van der Waals surface area contributed by atoms with Crippen molar-refractivity contribution in [1.82, 2.24) is 10.6 Å². The standard InChI is InChI=1S/C16H23N3O2/c1-2-10-17-15(20)9-11-18-16(21)14-8-7-12-5-3-4-6-13(12)19-14/h3-6,14,19H,2,7-11H2,1H3,(H,17,20)(H,18,21). The van der Waals surface area contributed by atoms with Crippen LogP contribution in [0.25, 0.3) is 0 Å². The Morgan fingerprint density at radius 3 is 2.86 bits per heavy atom. The van der Waals surface area contributed by atoms with E-state index in [2.05, 4.69) is 22.0 Å². The summed E-state index contributed by atoms with van der Waals surface area (Å²) in [6.07, 6.45) is 2.93. The zero-order chi connectivity index (χ0) is 15.1. The third kappa shape index (κ3) is 4.48. The smallest absolute Gasteiger partial charge is 0.242 e. The minimum absolute atomic E-state index is 0.0147. The molecule has 5 heteroatoms. The van der Waals surface area contributed by atoms with Gasteiger partial charge in [-0.2, -0.15) is 0 Å². The van der Waals surface area contributed by atoms with Crippen molar-refractivity contribution in [2.24, 2.45) is 0 Å². The van der Waals surface area contributed by atoms with E-state index in [-0.39, 0.29) is 17.9 Å². The van der Waals surface area contributed by atoms with Crippen LogP contribution in [-0.4, -0.2) is 30.9 Å². The van der Waals surface area contributed by atoms with E-state index in [0.29, 0.717) is 19.5 Å². The minimum Gasteiger partial charge on any atom is -0.373 e. The number of hydrogen-bond acceptors (Lipinski definition) is 3. The van der Waals surface area contributed by atoms with E-state index in [1.807, 2.05) is 25.1 Å². The molecule has 3 N–H and O–H groups in total. The maximum atomic E-state index is 12.1. The van der Waals surface area contributed by atoms with Crippen molar-refractivity contribution in [3.8, 4) is 0 Å². The van der Waals surface area contributed by atoms with Gasteiger partial charge in [0.2, 0.25) is 11.8 Å². The molecule has 1 heterocycles. The lowest BCUT2D eigenvalue weighted by atomic mass is 9.98. The summed E-state index contributed by atoms with van der Waals surface area (Å²) < 4.78 is 0. The lowest BCUT2D eigenvalue weighted by Gasteiger charge is -2.26. The highest BCUT2D eigenvalue weighted by Gasteiger charge is 2.23. The summed E-state index contributed by atoms with van der Waals surface area (Å²) in [5, 5.41) is 8.88. The van der Waals surface area contributed by atoms with E-state index < -0.39 is 0 Å². The van der Waals surface area contributed by atoms with Gasteiger partial charge in [0.05, 0.1) is 0 Å². The van der Waals surface area contributed by atoms with Crippen LogP contribution in [0.1, 0.15) is 31.7 Å². The second-order valence-electron chi connectivity index (χ2n) is 5.28. The first kappa shape index (κ1) is 15.4. The maximum absolute atomic E-state index is 12.1. The van der Waals surface area contributed by atoms with E-state index >= 15 is 0 Å². The number of benzene rings is 1. The summed E-state index contributed by atoms with van der Waals surface area (Å²) in [6, 6.07) is 7.83. The number of carbonyl (C=O) groups is 2. The van der Waals surface area contributed by atoms with Crippen LogP contribution in [0.5, 0.6) is 0 Å². The molecule has 2 amide bonds. The highest BCUT2D eigenvalue weighted by Crippen LogP contribution is 2.24. The van der Waals surface area contributed by atoms with Gasteiger partial charge in [-0.05, 0) is 30.9 Å². The molecule has 0 aromatic heterocycles. The molecule has 2 rings (SSSR count). The first-order valence-electron chi connectivity index (χ1n) is 7.59. The molecule has 1 aromatic rings. The fraction of sp³-hybridized carbons (Fsp3) is 0.500. The second kappa shape index (κ2) is 7.67. The quantitative estimate of drug-likeness (QED) is 0.742. The number of anilines is 1. The molecule has 0 fully saturated rings. The van der Waals surface area contributed by atoms with Crippen LogP contribution in [-0.2, 0) is 16.0 Å². The van der Waals surface area contributed by atoms with E-state index in [0.717, 1.165) is 24.9 Å². The first-order chi connectivity index (χ1) is 10.2. The Labute approximate surface area is 125 Å². The Bertz CT molecular complexity index is 502. The van der Waals surface area contributed by atoms with Crippen molar-refractivity contribution in [2.75, 3.05) is 18.4 Å². The number of carbonyl (C=O) groups excluding carboxylic acids is 2. The van der Waals surface area contributed by atoms with Crippen LogP contribution in [0.15, 0.2) is 24.3 Å². The van der Waals surface area contributed by atoms with Crippen LogP contribution in [0.2, 0.25) is 0 Å². The SMILES string of the molecule is CCCNC(=O)CCNC(=O)C1CCc2ccccc2N1. The summed E-state index contributed by atoms with van der Waals surface area (Å²) in [6.45, 7) is 3.08. The van der Waals surface area contributed by atoms with Gasteiger partial charge in [0.25, 0.3) is 0 Å². The molecule has 0 aliphatic carbocycles. The number of aryl methyl sites for hydroxylation is 1. The van der Waals surface area contributed by atoms with Gasteiger partial charge in [0.15, 0.2) is 0 Å². The summed E-state index contributed by atoms with van der Waals surface area (Å²) in [4.78, 5) is 23.5. The molecule has 5 nitrogen and oxygen atoms in total. The summed E-state index contributed by atoms with van der Waals surface area (Å²) in [5.74, 6) is -0.0492. The third-order valence-corrected chi connectivity index (χ3v) is 3.59. The molecular formula is C16H23N3O2. The van der Waals surface area contributed by atoms with Gasteiger partial charge in [0, 0.05) is 25.2 Å². The molecule has 1 aliphatic rings. The van der Waals surface area contributed by atoms with Crippen molar-refractivity contribution < 1.29 is 9.59 Å². The van der Waals surface area contributed by atoms with Crippen LogP contribution in [0, 0.1) is 0 Å². The molecule has 1 aliphatic heterocycles. The van der Waals surface area contributed by atoms with Crippen LogP contribution in [0.3, 0.4) is 0 Å². The van der Waals surface area contributed by atoms with Gasteiger partial charge in [0.1, 0.15) is 6.04 Å². The van der Waals surface area contributed by atoms with E-state index in [1.54, 1.807) is 0 Å². The molecule has 1 aromatic carbocycles. The Morgan fingerprint density at radius 2 is 2.05 bits per heavy atom. The van der Waals surface area contributed by atoms with Crippen LogP contribution in [0.4, 0.5) is 5.69 Å². The Kier molecular flexibility index (Phi) is 5.60. The average molecular weight is 289 g/mol. The first-order valence-corrected chi connectivity index (χ1v) is 7.59. The summed E-state index contributed by atoms with van der Waals surface area (Å²) in [5.41, 5.74) is 2.28. The molecular weight excluding hydrogens is 266 g/mol. The van der Waals surface area contributed by atoms with Crippen LogP contribution < -0.4 is 16.0 Å². The fourth-order valence-corrected chi connectivity index (χ4v) is 2.41. The molecule has 21 heavy (non-hydrogen) atoms. The molecule has 0 saturated heterocycles. The third-order valence-electron chi connectivity index (χ3n) is 3.59. The fourth-order valence-electron chi connectivity index (χ4n) is 2.41. The number of rotatable bonds is 6. The van der Waals surface area contributed by atoms with Crippen molar-refractivity contribution in [2.45, 2.75) is 38.6 Å². The summed E-state index contributed by atoms with van der Waals surface area (Å²) in [7, 11) is 0. The van der Waals surface area contributed by atoms with Gasteiger partial charge < -0.3 is 16.0 Å². The largest absolute Gasteiger partial charge is 0.373 e. The van der Waals surface area contributed by atoms with E-state index in [1.165, 1.54) is 5.56 Å². The van der Waals surface area contributed by atoms with Gasteiger partial charge >= 0.3 is 0 Å². The normalized spacial score (nSPS) is 16.5. The molecule has 1 unspecified atom stereocenters. The predicted octanol–water partition coefficient (Wildman–Crippen LogP) is 1.45. The molecule has 0 bridgehead atoms. The lowest BCUT2D eigenvalue weighted by molar-refractivity contribution is -0.122. The highest BCUT2D eigenvalue weighted by atomic mass is 16.2. The van der Waals surface area contributed by atoms with Gasteiger partial charge in [-0.1, -0.05) is 25.1 Å². The number of hydrogen-bond donors (Lipinski definition) is 3. The highest BCUT2D eigenvalue weighted by molar-refractivity contribution is 5.86. The minimum atomic E-state index is -0.210. The van der Waals surface area contributed by atoms with Crippen molar-refractivity contribution in [1.29, 1.82) is 0 Å². The Morgan fingerprint density at radius 1 is 1.24 bits per heavy atom. The molecule has 0 saturated carbocycles. The number of nitrogens with one attached hydrogen (secondary N) is 3. The number of amides is 2. The van der Waals surface area contributed by atoms with Crippen LogP contribution >= 0.6 is 0 Å². The summed E-state index contributed by atoms with van der Waals surface area (Å²) >= 11 is 0. The predicted molar refractivity (Wildman–Crippen MR) is 83.1 cm³/mol. The van der Waals surface area contributed by atoms with E-state index in [9.17, 15) is 9.59 Å². The monoisotopic (exact) mass is 289 g/mol. The van der Waals surface area contributed by atoms with Gasteiger partial charge in [-0.15, -0.1) is 0 Å². The maximum Gasteiger partial charge on any atom is 0.242 e. The zero-order valence-corrected chi connectivity index (χ0v) is 12.4. The van der Waals surface area contributed by atoms with Crippen molar-refractivity contribution in [3.05, 3.63) is 29.8 Å². The average Bonchev–Trinajstić information content (AvgIpc) is 2.52. The van der Waals surface area contributed by atoms with E-state index in [4.69, 9.17) is 0 Å². The van der Waals surface area contributed by atoms with Gasteiger partial charge in [-0.25, -0.2) is 0 Å². The molecule has 0 radical (unpaired) electrons. The Hall–Kier alpha value is -2.04. The zero-order valence-electron chi connectivity index (χ0n) is 12.4. The lowest BCUT2D eigenvalue weighted by Crippen LogP contribution is -2.43. The molecule has 114 valence electrons. The van der Waals surface area contributed by atoms with Crippen molar-refractivity contribution in [3.63, 3.8) is 0 Å². The second-order valence-corrected chi connectivity index (χ2v) is 5.28.